The minimum absolute atomic E-state index is 0.110. The van der Waals surface area contributed by atoms with Gasteiger partial charge in [0.15, 0.2) is 0 Å². The highest BCUT2D eigenvalue weighted by Crippen LogP contribution is 2.26. The second kappa shape index (κ2) is 9.15. The predicted octanol–water partition coefficient (Wildman–Crippen LogP) is 2.62. The summed E-state index contributed by atoms with van der Waals surface area (Å²) in [6.07, 6.45) is 1.09. The first-order valence-corrected chi connectivity index (χ1v) is 10.1. The number of aromatic nitrogens is 1. The van der Waals surface area contributed by atoms with E-state index in [0.717, 1.165) is 0 Å². The fraction of sp³-hybridized carbons (Fsp3) is 0.476. The van der Waals surface area contributed by atoms with Crippen molar-refractivity contribution in [2.45, 2.75) is 27.3 Å². The molecule has 0 N–H and O–H groups in total. The molecule has 3 rings (SSSR count). The molecular weight excluding hydrogens is 393 g/mol. The van der Waals surface area contributed by atoms with E-state index in [0.29, 0.717) is 50.5 Å². The van der Waals surface area contributed by atoms with Crippen molar-refractivity contribution >= 4 is 28.7 Å². The summed E-state index contributed by atoms with van der Waals surface area (Å²) in [5.41, 5.74) is 0.239. The summed E-state index contributed by atoms with van der Waals surface area (Å²) in [7, 11) is 0. The van der Waals surface area contributed by atoms with Crippen LogP contribution >= 0.6 is 0 Å². The van der Waals surface area contributed by atoms with E-state index in [1.54, 1.807) is 29.4 Å². The third kappa shape index (κ3) is 4.10. The molecule has 162 valence electrons. The van der Waals surface area contributed by atoms with Crippen LogP contribution in [-0.2, 0) is 16.0 Å². The minimum Gasteiger partial charge on any atom is -0.462 e. The van der Waals surface area contributed by atoms with Crippen molar-refractivity contribution in [1.29, 1.82) is 0 Å². The zero-order valence-electron chi connectivity index (χ0n) is 17.4. The fourth-order valence-corrected chi connectivity index (χ4v) is 3.60. The van der Waals surface area contributed by atoms with E-state index in [1.807, 2.05) is 11.8 Å². The Balaban J connectivity index is 1.96. The minimum atomic E-state index is -0.717. The zero-order chi connectivity index (χ0) is 21.8. The standard InChI is InChI=1S/C21H26FN3O5/c1-4-23-13-15(20(27)29-5-2)19(26)14-11-16(22)18(12-17(14)23)24-7-9-25(10-8-24)21(28)30-6-3/h11-13H,4-10H2,1-3H3. The highest BCUT2D eigenvalue weighted by molar-refractivity contribution is 5.94. The van der Waals surface area contributed by atoms with Gasteiger partial charge in [0.05, 0.1) is 24.4 Å². The van der Waals surface area contributed by atoms with Gasteiger partial charge in [0.2, 0.25) is 5.43 Å². The largest absolute Gasteiger partial charge is 0.462 e. The number of amides is 1. The van der Waals surface area contributed by atoms with Crippen molar-refractivity contribution < 1.29 is 23.5 Å². The Morgan fingerprint density at radius 1 is 1.03 bits per heavy atom. The summed E-state index contributed by atoms with van der Waals surface area (Å²) >= 11 is 0. The lowest BCUT2D eigenvalue weighted by Gasteiger charge is -2.35. The van der Waals surface area contributed by atoms with Gasteiger partial charge in [-0.2, -0.15) is 0 Å². The van der Waals surface area contributed by atoms with Crippen LogP contribution in [-0.4, -0.2) is 60.9 Å². The zero-order valence-corrected chi connectivity index (χ0v) is 17.4. The number of ether oxygens (including phenoxy) is 2. The van der Waals surface area contributed by atoms with Crippen LogP contribution in [0.25, 0.3) is 10.9 Å². The molecule has 30 heavy (non-hydrogen) atoms. The number of rotatable bonds is 5. The lowest BCUT2D eigenvalue weighted by Crippen LogP contribution is -2.49. The summed E-state index contributed by atoms with van der Waals surface area (Å²) in [5, 5.41) is 0.133. The van der Waals surface area contributed by atoms with E-state index in [-0.39, 0.29) is 23.6 Å². The first-order valence-electron chi connectivity index (χ1n) is 10.1. The van der Waals surface area contributed by atoms with Gasteiger partial charge in [-0.15, -0.1) is 0 Å². The molecule has 2 aromatic rings. The number of halogens is 1. The van der Waals surface area contributed by atoms with Crippen LogP contribution in [0, 0.1) is 5.82 Å². The molecule has 8 nitrogen and oxygen atoms in total. The second-order valence-electron chi connectivity index (χ2n) is 6.87. The van der Waals surface area contributed by atoms with Gasteiger partial charge in [-0.05, 0) is 32.9 Å². The number of pyridine rings is 1. The normalized spacial score (nSPS) is 14.1. The van der Waals surface area contributed by atoms with Gasteiger partial charge in [0.1, 0.15) is 11.4 Å². The summed E-state index contributed by atoms with van der Waals surface area (Å²) in [6, 6.07) is 2.81. The summed E-state index contributed by atoms with van der Waals surface area (Å²) in [4.78, 5) is 40.2. The summed E-state index contributed by atoms with van der Waals surface area (Å²) < 4.78 is 26.7. The molecule has 1 aliphatic heterocycles. The lowest BCUT2D eigenvalue weighted by molar-refractivity contribution is 0.0524. The number of aryl methyl sites for hydroxylation is 1. The Bertz CT molecular complexity index is 1010. The molecule has 0 radical (unpaired) electrons. The highest BCUT2D eigenvalue weighted by Gasteiger charge is 2.25. The maximum Gasteiger partial charge on any atom is 0.409 e. The third-order valence-electron chi connectivity index (χ3n) is 5.13. The third-order valence-corrected chi connectivity index (χ3v) is 5.13. The van der Waals surface area contributed by atoms with E-state index >= 15 is 0 Å². The SMILES string of the molecule is CCOC(=O)c1cn(CC)c2cc(N3CCN(C(=O)OCC)CC3)c(F)cc2c1=O. The molecule has 1 aromatic heterocycles. The van der Waals surface area contributed by atoms with Gasteiger partial charge in [-0.3, -0.25) is 4.79 Å². The highest BCUT2D eigenvalue weighted by atomic mass is 19.1. The number of anilines is 1. The number of piperazine rings is 1. The Morgan fingerprint density at radius 2 is 1.70 bits per heavy atom. The molecule has 0 atom stereocenters. The number of esters is 1. The number of nitrogens with zero attached hydrogens (tertiary/aromatic N) is 3. The average molecular weight is 419 g/mol. The Hall–Kier alpha value is -3.10. The first-order chi connectivity index (χ1) is 14.4. The first kappa shape index (κ1) is 21.6. The van der Waals surface area contributed by atoms with Crippen molar-refractivity contribution in [1.82, 2.24) is 9.47 Å². The van der Waals surface area contributed by atoms with Gasteiger partial charge in [-0.25, -0.2) is 14.0 Å². The van der Waals surface area contributed by atoms with Gasteiger partial charge >= 0.3 is 12.1 Å². The maximum atomic E-state index is 15.0. The fourth-order valence-electron chi connectivity index (χ4n) is 3.60. The molecule has 0 unspecified atom stereocenters. The van der Waals surface area contributed by atoms with Gasteiger partial charge < -0.3 is 23.8 Å². The molecule has 0 aliphatic carbocycles. The molecule has 1 amide bonds. The Labute approximate surface area is 173 Å². The number of benzene rings is 1. The van der Waals surface area contributed by atoms with Crippen molar-refractivity contribution in [2.75, 3.05) is 44.3 Å². The van der Waals surface area contributed by atoms with E-state index in [2.05, 4.69) is 0 Å². The Morgan fingerprint density at radius 3 is 2.30 bits per heavy atom. The molecule has 9 heteroatoms. The van der Waals surface area contributed by atoms with Crippen molar-refractivity contribution in [3.05, 3.63) is 39.9 Å². The summed E-state index contributed by atoms with van der Waals surface area (Å²) in [6.45, 7) is 7.94. The molecule has 0 spiro atoms. The van der Waals surface area contributed by atoms with E-state index in [9.17, 15) is 18.8 Å². The molecular formula is C21H26FN3O5. The number of fused-ring (bicyclic) bond motifs is 1. The van der Waals surface area contributed by atoms with Crippen LogP contribution in [0.15, 0.2) is 23.1 Å². The summed E-state index contributed by atoms with van der Waals surface area (Å²) in [5.74, 6) is -1.26. The topological polar surface area (TPSA) is 81.1 Å². The van der Waals surface area contributed by atoms with Crippen LogP contribution in [0.5, 0.6) is 0 Å². The number of hydrogen-bond acceptors (Lipinski definition) is 6. The lowest BCUT2D eigenvalue weighted by atomic mass is 10.1. The van der Waals surface area contributed by atoms with E-state index < -0.39 is 17.2 Å². The van der Waals surface area contributed by atoms with Crippen LogP contribution in [0.4, 0.5) is 14.9 Å². The molecule has 1 saturated heterocycles. The van der Waals surface area contributed by atoms with Crippen LogP contribution in [0.2, 0.25) is 0 Å². The monoisotopic (exact) mass is 419 g/mol. The van der Waals surface area contributed by atoms with Gasteiger partial charge in [0.25, 0.3) is 0 Å². The van der Waals surface area contributed by atoms with Crippen LogP contribution in [0.3, 0.4) is 0 Å². The number of carbonyl (C=O) groups excluding carboxylic acids is 2. The quantitative estimate of drug-likeness (QED) is 0.693. The van der Waals surface area contributed by atoms with E-state index in [4.69, 9.17) is 9.47 Å². The molecule has 1 fully saturated rings. The molecule has 2 heterocycles. The maximum absolute atomic E-state index is 15.0. The van der Waals surface area contributed by atoms with Crippen LogP contribution < -0.4 is 10.3 Å². The van der Waals surface area contributed by atoms with Crippen molar-refractivity contribution in [3.63, 3.8) is 0 Å². The molecule has 0 saturated carbocycles. The number of carbonyl (C=O) groups is 2. The molecule has 0 bridgehead atoms. The van der Waals surface area contributed by atoms with Gasteiger partial charge in [-0.1, -0.05) is 0 Å². The number of hydrogen-bond donors (Lipinski definition) is 0. The van der Waals surface area contributed by atoms with Crippen molar-refractivity contribution in [2.24, 2.45) is 0 Å². The molecule has 1 aliphatic rings. The van der Waals surface area contributed by atoms with Gasteiger partial charge in [0, 0.05) is 44.3 Å². The molecule has 1 aromatic carbocycles. The van der Waals surface area contributed by atoms with Crippen LogP contribution in [0.1, 0.15) is 31.1 Å². The second-order valence-corrected chi connectivity index (χ2v) is 6.87. The smallest absolute Gasteiger partial charge is 0.409 e. The average Bonchev–Trinajstić information content (AvgIpc) is 2.74. The predicted molar refractivity (Wildman–Crippen MR) is 111 cm³/mol. The Kier molecular flexibility index (Phi) is 6.59. The van der Waals surface area contributed by atoms with Crippen molar-refractivity contribution in [3.8, 4) is 0 Å². The van der Waals surface area contributed by atoms with E-state index in [1.165, 1.54) is 12.3 Å².